The molecule has 1 aliphatic carbocycles. The maximum Gasteiger partial charge on any atom is 0.241 e. The predicted octanol–water partition coefficient (Wildman–Crippen LogP) is 3.81. The van der Waals surface area contributed by atoms with Gasteiger partial charge in [0.1, 0.15) is 0 Å². The summed E-state index contributed by atoms with van der Waals surface area (Å²) < 4.78 is 29.0. The molecule has 0 amide bonds. The molecule has 2 aromatic carbocycles. The quantitative estimate of drug-likeness (QED) is 0.895. The lowest BCUT2D eigenvalue weighted by Gasteiger charge is -2.42. The van der Waals surface area contributed by atoms with Gasteiger partial charge in [-0.25, -0.2) is 13.1 Å². The van der Waals surface area contributed by atoms with Gasteiger partial charge in [-0.15, -0.1) is 0 Å². The molecule has 1 fully saturated rings. The van der Waals surface area contributed by atoms with Crippen molar-refractivity contribution in [2.75, 3.05) is 0 Å². The highest BCUT2D eigenvalue weighted by atomic mass is 79.9. The van der Waals surface area contributed by atoms with E-state index in [1.807, 2.05) is 30.3 Å². The number of hydrogen-bond donors (Lipinski definition) is 1. The second-order valence-corrected chi connectivity index (χ2v) is 7.96. The highest BCUT2D eigenvalue weighted by Crippen LogP contribution is 2.42. The molecule has 0 bridgehead atoms. The normalized spacial score (nSPS) is 17.2. The molecule has 3 nitrogen and oxygen atoms in total. The minimum Gasteiger partial charge on any atom is -0.207 e. The van der Waals surface area contributed by atoms with E-state index in [1.54, 1.807) is 24.3 Å². The molecule has 1 N–H and O–H groups in total. The van der Waals surface area contributed by atoms with Gasteiger partial charge in [0.25, 0.3) is 0 Å². The van der Waals surface area contributed by atoms with Crippen molar-refractivity contribution >= 4 is 26.0 Å². The molecule has 110 valence electrons. The van der Waals surface area contributed by atoms with Crippen molar-refractivity contribution < 1.29 is 8.42 Å². The smallest absolute Gasteiger partial charge is 0.207 e. The van der Waals surface area contributed by atoms with Gasteiger partial charge in [0.05, 0.1) is 10.4 Å². The zero-order valence-corrected chi connectivity index (χ0v) is 13.8. The maximum absolute atomic E-state index is 12.6. The summed E-state index contributed by atoms with van der Waals surface area (Å²) >= 11 is 3.32. The van der Waals surface area contributed by atoms with Crippen LogP contribution < -0.4 is 4.72 Å². The minimum absolute atomic E-state index is 0.299. The van der Waals surface area contributed by atoms with E-state index in [1.165, 1.54) is 0 Å². The summed E-state index contributed by atoms with van der Waals surface area (Å²) in [7, 11) is -3.51. The Labute approximate surface area is 133 Å². The summed E-state index contributed by atoms with van der Waals surface area (Å²) in [4.78, 5) is 0.299. The summed E-state index contributed by atoms with van der Waals surface area (Å²) in [6.45, 7) is 0. The van der Waals surface area contributed by atoms with E-state index in [0.29, 0.717) is 4.90 Å². The van der Waals surface area contributed by atoms with E-state index in [4.69, 9.17) is 0 Å². The number of benzene rings is 2. The Morgan fingerprint density at radius 1 is 0.952 bits per heavy atom. The van der Waals surface area contributed by atoms with Gasteiger partial charge in [-0.3, -0.25) is 0 Å². The van der Waals surface area contributed by atoms with Gasteiger partial charge < -0.3 is 0 Å². The number of rotatable bonds is 4. The van der Waals surface area contributed by atoms with Gasteiger partial charge in [-0.05, 0) is 49.1 Å². The lowest BCUT2D eigenvalue weighted by Crippen LogP contribution is -2.50. The number of halogens is 1. The highest BCUT2D eigenvalue weighted by Gasteiger charge is 2.42. The first-order valence-corrected chi connectivity index (χ1v) is 9.15. The number of nitrogens with one attached hydrogen (secondary N) is 1. The fourth-order valence-corrected chi connectivity index (χ4v) is 4.38. The van der Waals surface area contributed by atoms with Crippen LogP contribution in [0.2, 0.25) is 0 Å². The SMILES string of the molecule is O=S(=O)(NC1(c2ccccc2)CCC1)c1ccc(Br)cc1. The van der Waals surface area contributed by atoms with Crippen molar-refractivity contribution in [3.05, 3.63) is 64.6 Å². The zero-order chi connectivity index (χ0) is 14.9. The molecule has 0 spiro atoms. The van der Waals surface area contributed by atoms with Crippen LogP contribution in [-0.4, -0.2) is 8.42 Å². The molecule has 1 aliphatic rings. The van der Waals surface area contributed by atoms with E-state index in [-0.39, 0.29) is 0 Å². The fourth-order valence-electron chi connectivity index (χ4n) is 2.67. The van der Waals surface area contributed by atoms with Gasteiger partial charge in [0.15, 0.2) is 0 Å². The van der Waals surface area contributed by atoms with Crippen molar-refractivity contribution in [1.82, 2.24) is 4.72 Å². The second-order valence-electron chi connectivity index (χ2n) is 5.36. The van der Waals surface area contributed by atoms with E-state index in [2.05, 4.69) is 20.7 Å². The van der Waals surface area contributed by atoms with Crippen molar-refractivity contribution in [3.63, 3.8) is 0 Å². The molecule has 0 aliphatic heterocycles. The van der Waals surface area contributed by atoms with Gasteiger partial charge >= 0.3 is 0 Å². The summed E-state index contributed by atoms with van der Waals surface area (Å²) in [5.74, 6) is 0. The predicted molar refractivity (Wildman–Crippen MR) is 86.4 cm³/mol. The first-order valence-electron chi connectivity index (χ1n) is 6.87. The lowest BCUT2D eigenvalue weighted by atomic mass is 9.73. The number of sulfonamides is 1. The molecule has 0 saturated heterocycles. The zero-order valence-electron chi connectivity index (χ0n) is 11.4. The third-order valence-corrected chi connectivity index (χ3v) is 6.07. The van der Waals surface area contributed by atoms with Gasteiger partial charge in [0, 0.05) is 4.47 Å². The Morgan fingerprint density at radius 2 is 1.57 bits per heavy atom. The third kappa shape index (κ3) is 2.91. The molecule has 1 saturated carbocycles. The van der Waals surface area contributed by atoms with E-state index >= 15 is 0 Å². The second kappa shape index (κ2) is 5.55. The van der Waals surface area contributed by atoms with Crippen molar-refractivity contribution in [3.8, 4) is 0 Å². The minimum atomic E-state index is -3.51. The van der Waals surface area contributed by atoms with Crippen LogP contribution in [0.15, 0.2) is 64.0 Å². The first-order chi connectivity index (χ1) is 10.0. The third-order valence-electron chi connectivity index (χ3n) is 3.99. The van der Waals surface area contributed by atoms with Crippen LogP contribution in [0.1, 0.15) is 24.8 Å². The average Bonchev–Trinajstić information content (AvgIpc) is 2.44. The van der Waals surface area contributed by atoms with Crippen LogP contribution in [-0.2, 0) is 15.6 Å². The van der Waals surface area contributed by atoms with Gasteiger partial charge in [-0.2, -0.15) is 0 Å². The summed E-state index contributed by atoms with van der Waals surface area (Å²) in [5, 5.41) is 0. The molecule has 5 heteroatoms. The van der Waals surface area contributed by atoms with Crippen LogP contribution >= 0.6 is 15.9 Å². The largest absolute Gasteiger partial charge is 0.241 e. The topological polar surface area (TPSA) is 46.2 Å². The number of hydrogen-bond acceptors (Lipinski definition) is 2. The van der Waals surface area contributed by atoms with Crippen molar-refractivity contribution in [2.24, 2.45) is 0 Å². The Morgan fingerprint density at radius 3 is 2.10 bits per heavy atom. The summed E-state index contributed by atoms with van der Waals surface area (Å²) in [6.07, 6.45) is 2.72. The molecule has 0 atom stereocenters. The molecule has 0 radical (unpaired) electrons. The van der Waals surface area contributed by atoms with E-state index in [0.717, 1.165) is 29.3 Å². The van der Waals surface area contributed by atoms with Gasteiger partial charge in [-0.1, -0.05) is 46.3 Å². The average molecular weight is 366 g/mol. The van der Waals surface area contributed by atoms with Gasteiger partial charge in [0.2, 0.25) is 10.0 Å². The Bertz CT molecular complexity index is 723. The molecular formula is C16H16BrNO2S. The molecular weight excluding hydrogens is 350 g/mol. The Balaban J connectivity index is 1.92. The summed E-state index contributed by atoms with van der Waals surface area (Å²) in [5.41, 5.74) is 0.588. The highest BCUT2D eigenvalue weighted by molar-refractivity contribution is 9.10. The molecule has 0 unspecified atom stereocenters. The first kappa shape index (κ1) is 14.8. The van der Waals surface area contributed by atoms with Crippen LogP contribution in [0.4, 0.5) is 0 Å². The summed E-state index contributed by atoms with van der Waals surface area (Å²) in [6, 6.07) is 16.5. The Kier molecular flexibility index (Phi) is 3.90. The lowest BCUT2D eigenvalue weighted by molar-refractivity contribution is 0.224. The molecule has 21 heavy (non-hydrogen) atoms. The van der Waals surface area contributed by atoms with Crippen LogP contribution in [0, 0.1) is 0 Å². The van der Waals surface area contributed by atoms with Crippen molar-refractivity contribution in [1.29, 1.82) is 0 Å². The monoisotopic (exact) mass is 365 g/mol. The molecule has 0 aromatic heterocycles. The fraction of sp³-hybridized carbons (Fsp3) is 0.250. The van der Waals surface area contributed by atoms with Crippen LogP contribution in [0.5, 0.6) is 0 Å². The van der Waals surface area contributed by atoms with E-state index in [9.17, 15) is 8.42 Å². The van der Waals surface area contributed by atoms with Crippen molar-refractivity contribution in [2.45, 2.75) is 29.7 Å². The molecule has 3 rings (SSSR count). The Hall–Kier alpha value is -1.17. The molecule has 2 aromatic rings. The maximum atomic E-state index is 12.6. The standard InChI is InChI=1S/C16H16BrNO2S/c17-14-7-9-15(10-8-14)21(19,20)18-16(11-4-12-16)13-5-2-1-3-6-13/h1-3,5-10,18H,4,11-12H2. The van der Waals surface area contributed by atoms with E-state index < -0.39 is 15.6 Å². The van der Waals surface area contributed by atoms with Crippen LogP contribution in [0.25, 0.3) is 0 Å². The molecule has 0 heterocycles. The van der Waals surface area contributed by atoms with Crippen LogP contribution in [0.3, 0.4) is 0 Å².